The van der Waals surface area contributed by atoms with Gasteiger partial charge >= 0.3 is 19.1 Å². The highest BCUT2D eigenvalue weighted by Crippen LogP contribution is 2.27. The second-order valence-electron chi connectivity index (χ2n) is 9.09. The predicted octanol–water partition coefficient (Wildman–Crippen LogP) is 2.91. The van der Waals surface area contributed by atoms with Crippen LogP contribution in [0.15, 0.2) is 85.2 Å². The van der Waals surface area contributed by atoms with Gasteiger partial charge in [0, 0.05) is 11.0 Å². The maximum atomic E-state index is 11.9. The fraction of sp³-hybridized carbons (Fsp3) is 0.133. The molecule has 236 valence electrons. The highest BCUT2D eigenvalue weighted by Gasteiger charge is 2.16. The molecule has 0 saturated carbocycles. The number of halogens is 1. The summed E-state index contributed by atoms with van der Waals surface area (Å²) >= 11 is 5.72. The first-order valence-electron chi connectivity index (χ1n) is 13.8. The van der Waals surface area contributed by atoms with Gasteiger partial charge in [-0.25, -0.2) is 28.6 Å². The number of fused-ring (bicyclic) bond motifs is 2. The smallest absolute Gasteiger partial charge is 0.492 e. The van der Waals surface area contributed by atoms with Crippen molar-refractivity contribution >= 4 is 47.4 Å². The third kappa shape index (κ3) is 7.95. The van der Waals surface area contributed by atoms with E-state index < -0.39 is 19.1 Å². The number of phenolic OH excluding ortho intramolecular Hbond substituents is 2. The minimum Gasteiger partial charge on any atom is -0.508 e. The monoisotopic (exact) mass is 646 g/mol. The van der Waals surface area contributed by atoms with Crippen LogP contribution in [-0.2, 0) is 9.47 Å². The lowest BCUT2D eigenvalue weighted by atomic mass is 9.80. The molecule has 4 aromatic heterocycles. The number of carbonyl (C=O) groups is 2. The molecular weight excluding hydrogens is 619 g/mol. The summed E-state index contributed by atoms with van der Waals surface area (Å²) in [6.45, 7) is 4.07. The van der Waals surface area contributed by atoms with Crippen molar-refractivity contribution in [2.75, 3.05) is 13.2 Å². The number of hydrogen-bond acceptors (Lipinski definition) is 12. The zero-order chi connectivity index (χ0) is 33.2. The summed E-state index contributed by atoms with van der Waals surface area (Å²) in [6.07, 6.45) is 2.84. The van der Waals surface area contributed by atoms with E-state index in [0.29, 0.717) is 34.3 Å². The molecule has 0 unspecified atom stereocenters. The zero-order valence-electron chi connectivity index (χ0n) is 24.6. The van der Waals surface area contributed by atoms with Crippen LogP contribution in [0.4, 0.5) is 0 Å². The summed E-state index contributed by atoms with van der Waals surface area (Å²) in [5.74, 6) is -0.911. The zero-order valence-corrected chi connectivity index (χ0v) is 25.3. The number of ether oxygens (including phenoxy) is 2. The quantitative estimate of drug-likeness (QED) is 0.153. The molecule has 6 rings (SSSR count). The first kappa shape index (κ1) is 33.4. The molecule has 4 N–H and O–H groups in total. The highest BCUT2D eigenvalue weighted by molar-refractivity contribution is 6.59. The Bertz CT molecular complexity index is 1970. The Balaban J connectivity index is 0.000000168. The number of esters is 2. The molecule has 14 nitrogen and oxygen atoms in total. The number of benzene rings is 2. The van der Waals surface area contributed by atoms with Crippen LogP contribution < -0.4 is 5.46 Å². The summed E-state index contributed by atoms with van der Waals surface area (Å²) < 4.78 is 12.6. The van der Waals surface area contributed by atoms with Crippen LogP contribution in [0, 0.1) is 0 Å². The number of carbonyl (C=O) groups excluding carboxylic acids is 2. The van der Waals surface area contributed by atoms with Gasteiger partial charge in [0.1, 0.15) is 16.7 Å². The van der Waals surface area contributed by atoms with Crippen LogP contribution in [0.25, 0.3) is 22.6 Å². The van der Waals surface area contributed by atoms with Crippen LogP contribution in [0.3, 0.4) is 0 Å². The number of nitrogens with zero attached hydrogens (tertiary/aromatic N) is 6. The van der Waals surface area contributed by atoms with Crippen LogP contribution in [-0.4, -0.2) is 81.7 Å². The van der Waals surface area contributed by atoms with E-state index in [1.54, 1.807) is 74.5 Å². The van der Waals surface area contributed by atoms with Crippen molar-refractivity contribution in [1.82, 2.24) is 29.2 Å². The Morgan fingerprint density at radius 3 is 1.78 bits per heavy atom. The molecule has 2 aromatic carbocycles. The molecule has 4 heterocycles. The number of aromatic hydroxyl groups is 2. The van der Waals surface area contributed by atoms with E-state index in [-0.39, 0.29) is 35.0 Å². The molecule has 0 aliphatic heterocycles. The van der Waals surface area contributed by atoms with Gasteiger partial charge in [-0.15, -0.1) is 0 Å². The van der Waals surface area contributed by atoms with E-state index in [4.69, 9.17) is 36.2 Å². The van der Waals surface area contributed by atoms with Crippen molar-refractivity contribution in [1.29, 1.82) is 0 Å². The number of hydrogen-bond donors (Lipinski definition) is 4. The molecular formula is C30H28BClN6O8. The highest BCUT2D eigenvalue weighted by atomic mass is 35.5. The Morgan fingerprint density at radius 2 is 1.26 bits per heavy atom. The van der Waals surface area contributed by atoms with Gasteiger partial charge in [0.15, 0.2) is 22.7 Å². The molecule has 0 bridgehead atoms. The Labute approximate surface area is 267 Å². The van der Waals surface area contributed by atoms with Gasteiger partial charge in [-0.1, -0.05) is 41.9 Å². The van der Waals surface area contributed by atoms with E-state index >= 15 is 0 Å². The summed E-state index contributed by atoms with van der Waals surface area (Å²) in [4.78, 5) is 31.4. The molecule has 16 heteroatoms. The Hall–Kier alpha value is -5.51. The van der Waals surface area contributed by atoms with Crippen LogP contribution in [0.2, 0.25) is 5.15 Å². The number of rotatable bonds is 6. The molecule has 0 spiro atoms. The standard InChI is InChI=1S/C15H13N3O3.C9H8ClN3O2.C6H7BO3/c1-2-21-15(20)12-9-16-14-8-7-11(17-18(12)14)10-5-3-4-6-13(10)19;1-2-15-9(14)6-5-11-8-4-3-7(10)12-13(6)8;8-6-4-2-1-3-5(6)7(9)10/h3-9,19H,2H2,1H3;3-5H,2H2,1H3;1-4,8-10H. The summed E-state index contributed by atoms with van der Waals surface area (Å²) in [7, 11) is -1.60. The minimum atomic E-state index is -1.60. The molecule has 0 radical (unpaired) electrons. The van der Waals surface area contributed by atoms with Crippen molar-refractivity contribution in [3.63, 3.8) is 0 Å². The maximum Gasteiger partial charge on any atom is 0.492 e. The van der Waals surface area contributed by atoms with Crippen LogP contribution in [0.5, 0.6) is 11.5 Å². The van der Waals surface area contributed by atoms with Crippen LogP contribution >= 0.6 is 11.6 Å². The second kappa shape index (κ2) is 15.5. The molecule has 0 atom stereocenters. The van der Waals surface area contributed by atoms with Gasteiger partial charge in [0.25, 0.3) is 0 Å². The minimum absolute atomic E-state index is 0.0995. The molecule has 0 aliphatic rings. The van der Waals surface area contributed by atoms with E-state index in [2.05, 4.69) is 20.2 Å². The lowest BCUT2D eigenvalue weighted by molar-refractivity contribution is 0.0507. The number of para-hydroxylation sites is 2. The molecule has 46 heavy (non-hydrogen) atoms. The molecule has 0 amide bonds. The summed E-state index contributed by atoms with van der Waals surface area (Å²) in [5, 5.41) is 44.7. The third-order valence-corrected chi connectivity index (χ3v) is 6.26. The largest absolute Gasteiger partial charge is 0.508 e. The van der Waals surface area contributed by atoms with Crippen molar-refractivity contribution in [2.45, 2.75) is 13.8 Å². The predicted molar refractivity (Wildman–Crippen MR) is 168 cm³/mol. The van der Waals surface area contributed by atoms with E-state index in [9.17, 15) is 14.7 Å². The van der Waals surface area contributed by atoms with Gasteiger partial charge in [-0.3, -0.25) is 0 Å². The van der Waals surface area contributed by atoms with Crippen molar-refractivity contribution in [3.05, 3.63) is 102 Å². The lowest BCUT2D eigenvalue weighted by Crippen LogP contribution is -2.29. The second-order valence-corrected chi connectivity index (χ2v) is 9.48. The van der Waals surface area contributed by atoms with Gasteiger partial charge in [-0.05, 0) is 56.3 Å². The van der Waals surface area contributed by atoms with Crippen molar-refractivity contribution in [2.24, 2.45) is 0 Å². The Morgan fingerprint density at radius 1 is 0.739 bits per heavy atom. The van der Waals surface area contributed by atoms with Crippen molar-refractivity contribution < 1.29 is 39.3 Å². The average molecular weight is 647 g/mol. The summed E-state index contributed by atoms with van der Waals surface area (Å²) in [5.41, 5.74) is 2.88. The third-order valence-electron chi connectivity index (χ3n) is 6.06. The molecule has 0 saturated heterocycles. The normalized spacial score (nSPS) is 10.4. The van der Waals surface area contributed by atoms with Crippen molar-refractivity contribution in [3.8, 4) is 22.8 Å². The number of imidazole rings is 2. The van der Waals surface area contributed by atoms with E-state index in [0.717, 1.165) is 0 Å². The Kier molecular flexibility index (Phi) is 11.2. The first-order valence-corrected chi connectivity index (χ1v) is 14.1. The average Bonchev–Trinajstić information content (AvgIpc) is 3.66. The fourth-order valence-electron chi connectivity index (χ4n) is 3.95. The fourth-order valence-corrected chi connectivity index (χ4v) is 4.09. The van der Waals surface area contributed by atoms with E-state index in [1.165, 1.54) is 33.6 Å². The first-order chi connectivity index (χ1) is 22.1. The SMILES string of the molecule is CCOC(=O)c1cnc2ccc(-c3ccccc3O)nn12.CCOC(=O)c1cnc2ccc(Cl)nn12.OB(O)c1ccccc1O. The molecule has 6 aromatic rings. The van der Waals surface area contributed by atoms with Crippen LogP contribution in [0.1, 0.15) is 34.8 Å². The molecule has 0 aliphatic carbocycles. The van der Waals surface area contributed by atoms with E-state index in [1.807, 2.05) is 0 Å². The lowest BCUT2D eigenvalue weighted by Gasteiger charge is -2.05. The topological polar surface area (TPSA) is 194 Å². The number of phenols is 2. The van der Waals surface area contributed by atoms with Gasteiger partial charge < -0.3 is 29.7 Å². The van der Waals surface area contributed by atoms with Gasteiger partial charge in [0.05, 0.1) is 31.3 Å². The van der Waals surface area contributed by atoms with Gasteiger partial charge in [0.2, 0.25) is 0 Å². The van der Waals surface area contributed by atoms with Gasteiger partial charge in [-0.2, -0.15) is 10.2 Å². The molecule has 0 fully saturated rings. The number of aromatic nitrogens is 6. The summed E-state index contributed by atoms with van der Waals surface area (Å²) in [6, 6.07) is 19.7. The maximum absolute atomic E-state index is 11.9.